The molecule has 0 aromatic carbocycles. The number of ether oxygens (including phenoxy) is 1. The molecule has 0 bridgehead atoms. The molecular weight excluding hydrogens is 284 g/mol. The average molecular weight is 308 g/mol. The van der Waals surface area contributed by atoms with Gasteiger partial charge in [-0.1, -0.05) is 12.1 Å². The van der Waals surface area contributed by atoms with Crippen molar-refractivity contribution in [3.63, 3.8) is 0 Å². The minimum atomic E-state index is -0.0680. The molecule has 2 saturated heterocycles. The first-order valence-electron chi connectivity index (χ1n) is 8.03. The molecule has 3 atom stereocenters. The molecule has 0 aliphatic carbocycles. The van der Waals surface area contributed by atoms with Gasteiger partial charge >= 0.3 is 5.97 Å². The molecule has 1 aromatic heterocycles. The van der Waals surface area contributed by atoms with Gasteiger partial charge in [0.1, 0.15) is 12.1 Å². The molecule has 3 rings (SSSR count). The van der Waals surface area contributed by atoms with Crippen LogP contribution in [-0.2, 0) is 22.5 Å². The van der Waals surface area contributed by atoms with E-state index in [2.05, 4.69) is 27.0 Å². The van der Waals surface area contributed by atoms with E-state index in [-0.39, 0.29) is 18.1 Å². The van der Waals surface area contributed by atoms with Crippen LogP contribution < -0.4 is 0 Å². The van der Waals surface area contributed by atoms with Gasteiger partial charge in [-0.05, 0) is 20.4 Å². The minimum Gasteiger partial charge on any atom is -0.461 e. The fourth-order valence-corrected chi connectivity index (χ4v) is 3.29. The van der Waals surface area contributed by atoms with E-state index in [9.17, 15) is 4.79 Å². The fraction of sp³-hybridized carbons (Fsp3) is 0.800. The van der Waals surface area contributed by atoms with E-state index in [1.54, 1.807) is 0 Å². The normalized spacial score (nSPS) is 29.5. The highest BCUT2D eigenvalue weighted by atomic mass is 16.6. The van der Waals surface area contributed by atoms with Crippen molar-refractivity contribution in [3.8, 4) is 0 Å². The molecular formula is C15H24N4O3. The van der Waals surface area contributed by atoms with Crippen LogP contribution in [0.2, 0.25) is 0 Å². The van der Waals surface area contributed by atoms with Gasteiger partial charge in [0.25, 0.3) is 0 Å². The first kappa shape index (κ1) is 15.4. The molecule has 0 unspecified atom stereocenters. The smallest absolute Gasteiger partial charge is 0.323 e. The summed E-state index contributed by atoms with van der Waals surface area (Å²) in [5, 5.41) is 4.00. The number of cyclic esters (lactones) is 1. The second-order valence-electron chi connectivity index (χ2n) is 6.31. The summed E-state index contributed by atoms with van der Waals surface area (Å²) in [5.41, 5.74) is 0. The Balaban J connectivity index is 1.54. The molecule has 0 saturated carbocycles. The summed E-state index contributed by atoms with van der Waals surface area (Å²) < 4.78 is 10.4. The maximum absolute atomic E-state index is 11.9. The molecule has 0 N–H and O–H groups in total. The predicted octanol–water partition coefficient (Wildman–Crippen LogP) is 0.842. The number of carbonyl (C=O) groups excluding carboxylic acids is 1. The van der Waals surface area contributed by atoms with Crippen molar-refractivity contribution in [2.45, 2.75) is 57.8 Å². The number of carbonyl (C=O) groups is 1. The molecule has 0 amide bonds. The fourth-order valence-electron chi connectivity index (χ4n) is 3.29. The monoisotopic (exact) mass is 308 g/mol. The number of nitrogens with zero attached hydrogens (tertiary/aromatic N) is 4. The molecule has 7 heteroatoms. The van der Waals surface area contributed by atoms with Crippen LogP contribution in [0.5, 0.6) is 0 Å². The number of hydrogen-bond acceptors (Lipinski definition) is 7. The Hall–Kier alpha value is -1.47. The summed E-state index contributed by atoms with van der Waals surface area (Å²) in [6.07, 6.45) is 2.66. The molecule has 7 nitrogen and oxygen atoms in total. The quantitative estimate of drug-likeness (QED) is 0.746. The third kappa shape index (κ3) is 3.15. The Morgan fingerprint density at radius 3 is 2.91 bits per heavy atom. The molecule has 1 aromatic rings. The summed E-state index contributed by atoms with van der Waals surface area (Å²) in [4.78, 5) is 20.7. The topological polar surface area (TPSA) is 71.7 Å². The molecule has 2 fully saturated rings. The molecule has 0 spiro atoms. The van der Waals surface area contributed by atoms with E-state index in [0.29, 0.717) is 18.5 Å². The van der Waals surface area contributed by atoms with Crippen molar-refractivity contribution in [2.24, 2.45) is 0 Å². The van der Waals surface area contributed by atoms with Crippen molar-refractivity contribution < 1.29 is 14.1 Å². The van der Waals surface area contributed by atoms with Crippen molar-refractivity contribution >= 4 is 5.97 Å². The van der Waals surface area contributed by atoms with E-state index < -0.39 is 0 Å². The van der Waals surface area contributed by atoms with Gasteiger partial charge in [-0.2, -0.15) is 4.98 Å². The third-order valence-corrected chi connectivity index (χ3v) is 4.61. The molecule has 2 aliphatic rings. The standard InChI is InChI=1S/C15H24N4O3/c1-4-14-16-13(17-22-14)9-18(3)11-5-6-19(8-11)12-7-10(2)21-15(12)20/h10-12H,4-9H2,1-3H3/t10-,11+,12-/m0/s1. The lowest BCUT2D eigenvalue weighted by Crippen LogP contribution is -2.40. The van der Waals surface area contributed by atoms with Gasteiger partial charge in [0, 0.05) is 32.0 Å². The van der Waals surface area contributed by atoms with Gasteiger partial charge in [-0.3, -0.25) is 14.6 Å². The molecule has 22 heavy (non-hydrogen) atoms. The zero-order chi connectivity index (χ0) is 15.7. The summed E-state index contributed by atoms with van der Waals surface area (Å²) >= 11 is 0. The number of esters is 1. The molecule has 122 valence electrons. The van der Waals surface area contributed by atoms with Gasteiger partial charge in [0.05, 0.1) is 6.54 Å². The number of hydrogen-bond donors (Lipinski definition) is 0. The Bertz CT molecular complexity index is 533. The van der Waals surface area contributed by atoms with Crippen LogP contribution in [0.1, 0.15) is 38.4 Å². The Morgan fingerprint density at radius 2 is 2.27 bits per heavy atom. The van der Waals surface area contributed by atoms with Gasteiger partial charge in [0.15, 0.2) is 5.82 Å². The Morgan fingerprint density at radius 1 is 1.45 bits per heavy atom. The number of aromatic nitrogens is 2. The minimum absolute atomic E-state index is 0.0427. The predicted molar refractivity (Wildman–Crippen MR) is 79.1 cm³/mol. The van der Waals surface area contributed by atoms with Gasteiger partial charge in [-0.15, -0.1) is 0 Å². The molecule has 0 radical (unpaired) electrons. The largest absolute Gasteiger partial charge is 0.461 e. The first-order valence-corrected chi connectivity index (χ1v) is 8.03. The van der Waals surface area contributed by atoms with E-state index in [1.165, 1.54) is 0 Å². The van der Waals surface area contributed by atoms with Crippen molar-refractivity contribution in [1.82, 2.24) is 19.9 Å². The van der Waals surface area contributed by atoms with E-state index in [0.717, 1.165) is 38.2 Å². The number of rotatable bonds is 5. The lowest BCUT2D eigenvalue weighted by molar-refractivity contribution is -0.144. The van der Waals surface area contributed by atoms with Crippen LogP contribution in [0.4, 0.5) is 0 Å². The van der Waals surface area contributed by atoms with E-state index in [1.807, 2.05) is 13.8 Å². The SMILES string of the molecule is CCc1nc(CN(C)[C@@H]2CCN([C@H]3C[C@H](C)OC3=O)C2)no1. The zero-order valence-electron chi connectivity index (χ0n) is 13.5. The highest BCUT2D eigenvalue weighted by molar-refractivity contribution is 5.78. The van der Waals surface area contributed by atoms with Crippen LogP contribution in [0.15, 0.2) is 4.52 Å². The highest BCUT2D eigenvalue weighted by Gasteiger charge is 2.40. The Kier molecular flexibility index (Phi) is 4.44. The maximum Gasteiger partial charge on any atom is 0.323 e. The number of aryl methyl sites for hydroxylation is 1. The van der Waals surface area contributed by atoms with Crippen LogP contribution in [0, 0.1) is 0 Å². The van der Waals surface area contributed by atoms with Crippen molar-refractivity contribution in [3.05, 3.63) is 11.7 Å². The van der Waals surface area contributed by atoms with Crippen LogP contribution >= 0.6 is 0 Å². The third-order valence-electron chi connectivity index (χ3n) is 4.61. The summed E-state index contributed by atoms with van der Waals surface area (Å²) in [6.45, 7) is 6.46. The average Bonchev–Trinajstić information content (AvgIpc) is 3.18. The zero-order valence-corrected chi connectivity index (χ0v) is 13.5. The van der Waals surface area contributed by atoms with Gasteiger partial charge in [-0.25, -0.2) is 0 Å². The van der Waals surface area contributed by atoms with E-state index >= 15 is 0 Å². The first-order chi connectivity index (χ1) is 10.6. The number of likely N-dealkylation sites (N-methyl/N-ethyl adjacent to an activating group) is 1. The molecule has 2 aliphatic heterocycles. The van der Waals surface area contributed by atoms with Crippen LogP contribution in [-0.4, -0.2) is 64.2 Å². The summed E-state index contributed by atoms with van der Waals surface area (Å²) in [6, 6.07) is 0.345. The highest BCUT2D eigenvalue weighted by Crippen LogP contribution is 2.25. The van der Waals surface area contributed by atoms with Crippen LogP contribution in [0.3, 0.4) is 0 Å². The van der Waals surface area contributed by atoms with Crippen LogP contribution in [0.25, 0.3) is 0 Å². The summed E-state index contributed by atoms with van der Waals surface area (Å²) in [5.74, 6) is 1.34. The maximum atomic E-state index is 11.9. The second-order valence-corrected chi connectivity index (χ2v) is 6.31. The second kappa shape index (κ2) is 6.34. The molecule has 3 heterocycles. The Labute approximate surface area is 130 Å². The number of likely N-dealkylation sites (tertiary alicyclic amines) is 1. The lowest BCUT2D eigenvalue weighted by Gasteiger charge is -2.24. The lowest BCUT2D eigenvalue weighted by atomic mass is 10.1. The van der Waals surface area contributed by atoms with E-state index in [4.69, 9.17) is 9.26 Å². The van der Waals surface area contributed by atoms with Gasteiger partial charge < -0.3 is 9.26 Å². The summed E-state index contributed by atoms with van der Waals surface area (Å²) in [7, 11) is 2.08. The van der Waals surface area contributed by atoms with Crippen molar-refractivity contribution in [1.29, 1.82) is 0 Å². The van der Waals surface area contributed by atoms with Gasteiger partial charge in [0.2, 0.25) is 5.89 Å². The van der Waals surface area contributed by atoms with Crippen molar-refractivity contribution in [2.75, 3.05) is 20.1 Å².